The predicted molar refractivity (Wildman–Crippen MR) is 110 cm³/mol. The summed E-state index contributed by atoms with van der Waals surface area (Å²) in [7, 11) is 0. The zero-order valence-electron chi connectivity index (χ0n) is 16.7. The van der Waals surface area contributed by atoms with E-state index in [1.807, 2.05) is 36.4 Å². The van der Waals surface area contributed by atoms with Crippen molar-refractivity contribution in [3.8, 4) is 16.9 Å². The topological polar surface area (TPSA) is 55.6 Å². The van der Waals surface area contributed by atoms with Crippen molar-refractivity contribution in [2.24, 2.45) is 11.7 Å². The summed E-state index contributed by atoms with van der Waals surface area (Å²) in [5.74, 6) is 0.944. The minimum Gasteiger partial charge on any atom is -0.493 e. The van der Waals surface area contributed by atoms with Crippen LogP contribution in [0.2, 0.25) is 0 Å². The fourth-order valence-electron chi connectivity index (χ4n) is 3.63. The molecule has 28 heavy (non-hydrogen) atoms. The van der Waals surface area contributed by atoms with E-state index in [9.17, 15) is 9.18 Å². The maximum atomic E-state index is 13.8. The number of ether oxygens (including phenoxy) is 1. The highest BCUT2D eigenvalue weighted by Gasteiger charge is 2.25. The Bertz CT molecular complexity index is 774. The number of nitrogens with two attached hydrogens (primary N) is 1. The Balaban J connectivity index is 1.48. The molecule has 0 bridgehead atoms. The maximum Gasteiger partial charge on any atom is 0.248 e. The zero-order valence-corrected chi connectivity index (χ0v) is 16.7. The largest absolute Gasteiger partial charge is 0.493 e. The SMILES string of the molecule is CC(C)(F)CN1CCC(COc2ccc(-c3ccc(C(N)=O)cc3)cc2)CC1. The second-order valence-electron chi connectivity index (χ2n) is 8.22. The van der Waals surface area contributed by atoms with E-state index in [2.05, 4.69) is 4.90 Å². The Morgan fingerprint density at radius 3 is 2.11 bits per heavy atom. The van der Waals surface area contributed by atoms with Crippen LogP contribution in [-0.2, 0) is 0 Å². The minimum absolute atomic E-state index is 0.422. The molecule has 1 saturated heterocycles. The number of benzene rings is 2. The molecule has 4 nitrogen and oxygen atoms in total. The molecule has 0 spiro atoms. The predicted octanol–water partition coefficient (Wildman–Crippen LogP) is 4.29. The van der Waals surface area contributed by atoms with Crippen molar-refractivity contribution in [1.82, 2.24) is 4.90 Å². The molecule has 0 aromatic heterocycles. The number of amides is 1. The van der Waals surface area contributed by atoms with E-state index in [0.717, 1.165) is 42.8 Å². The van der Waals surface area contributed by atoms with E-state index in [4.69, 9.17) is 10.5 Å². The molecule has 3 rings (SSSR count). The van der Waals surface area contributed by atoms with Crippen LogP contribution < -0.4 is 10.5 Å². The first kappa shape index (κ1) is 20.3. The van der Waals surface area contributed by atoms with E-state index < -0.39 is 11.6 Å². The Morgan fingerprint density at radius 1 is 1.07 bits per heavy atom. The number of primary amides is 1. The molecule has 1 amide bonds. The van der Waals surface area contributed by atoms with Gasteiger partial charge in [0.05, 0.1) is 6.61 Å². The van der Waals surface area contributed by atoms with Gasteiger partial charge in [-0.1, -0.05) is 24.3 Å². The lowest BCUT2D eigenvalue weighted by Gasteiger charge is -2.34. The number of carbonyl (C=O) groups excluding carboxylic acids is 1. The first-order valence-corrected chi connectivity index (χ1v) is 9.84. The van der Waals surface area contributed by atoms with E-state index >= 15 is 0 Å². The Kier molecular flexibility index (Phi) is 6.35. The smallest absolute Gasteiger partial charge is 0.248 e. The van der Waals surface area contributed by atoms with Crippen LogP contribution in [0, 0.1) is 5.92 Å². The van der Waals surface area contributed by atoms with Crippen molar-refractivity contribution >= 4 is 5.91 Å². The van der Waals surface area contributed by atoms with Gasteiger partial charge in [-0.25, -0.2) is 4.39 Å². The number of carbonyl (C=O) groups is 1. The minimum atomic E-state index is -1.13. The van der Waals surface area contributed by atoms with Gasteiger partial charge >= 0.3 is 0 Å². The second-order valence-corrected chi connectivity index (χ2v) is 8.22. The summed E-state index contributed by atoms with van der Waals surface area (Å²) in [4.78, 5) is 13.4. The fourth-order valence-corrected chi connectivity index (χ4v) is 3.63. The Labute approximate surface area is 166 Å². The molecule has 0 unspecified atom stereocenters. The average Bonchev–Trinajstić information content (AvgIpc) is 2.67. The van der Waals surface area contributed by atoms with Crippen LogP contribution in [0.4, 0.5) is 4.39 Å². The third-order valence-electron chi connectivity index (χ3n) is 5.15. The summed E-state index contributed by atoms with van der Waals surface area (Å²) in [6, 6.07) is 15.2. The van der Waals surface area contributed by atoms with E-state index in [1.165, 1.54) is 0 Å². The molecule has 2 N–H and O–H groups in total. The van der Waals surface area contributed by atoms with Gasteiger partial charge in [-0.05, 0) is 81.1 Å². The number of nitrogens with zero attached hydrogens (tertiary/aromatic N) is 1. The fraction of sp³-hybridized carbons (Fsp3) is 0.435. The first-order chi connectivity index (χ1) is 13.3. The van der Waals surface area contributed by atoms with Crippen LogP contribution >= 0.6 is 0 Å². The van der Waals surface area contributed by atoms with Crippen molar-refractivity contribution in [3.63, 3.8) is 0 Å². The highest BCUT2D eigenvalue weighted by molar-refractivity contribution is 5.93. The number of hydrogen-bond acceptors (Lipinski definition) is 3. The van der Waals surface area contributed by atoms with Gasteiger partial charge < -0.3 is 15.4 Å². The molecule has 1 aliphatic rings. The molecule has 1 heterocycles. The highest BCUT2D eigenvalue weighted by atomic mass is 19.1. The molecule has 2 aromatic carbocycles. The molecule has 0 radical (unpaired) electrons. The second kappa shape index (κ2) is 8.74. The number of likely N-dealkylation sites (tertiary alicyclic amines) is 1. The lowest BCUT2D eigenvalue weighted by Crippen LogP contribution is -2.41. The molecule has 0 atom stereocenters. The molecule has 1 fully saturated rings. The molecule has 2 aromatic rings. The van der Waals surface area contributed by atoms with Gasteiger partial charge in [-0.3, -0.25) is 4.79 Å². The van der Waals surface area contributed by atoms with Crippen LogP contribution in [0.1, 0.15) is 37.0 Å². The number of hydrogen-bond donors (Lipinski definition) is 1. The number of halogens is 1. The third-order valence-corrected chi connectivity index (χ3v) is 5.15. The first-order valence-electron chi connectivity index (χ1n) is 9.84. The standard InChI is InChI=1S/C23H29FN2O2/c1-23(2,24)16-26-13-11-17(12-14-26)15-28-21-9-7-19(8-10-21)18-3-5-20(6-4-18)22(25)27/h3-10,17H,11-16H2,1-2H3,(H2,25,27). The molecular formula is C23H29FN2O2. The molecule has 0 aliphatic carbocycles. The normalized spacial score (nSPS) is 16.1. The lowest BCUT2D eigenvalue weighted by atomic mass is 9.97. The van der Waals surface area contributed by atoms with Crippen molar-refractivity contribution in [3.05, 3.63) is 54.1 Å². The summed E-state index contributed by atoms with van der Waals surface area (Å²) in [5.41, 5.74) is 6.74. The number of rotatable bonds is 7. The zero-order chi connectivity index (χ0) is 20.1. The summed E-state index contributed by atoms with van der Waals surface area (Å²) in [6.45, 7) is 6.33. The summed E-state index contributed by atoms with van der Waals surface area (Å²) < 4.78 is 19.7. The lowest BCUT2D eigenvalue weighted by molar-refractivity contribution is 0.0836. The van der Waals surface area contributed by atoms with Crippen LogP contribution in [0.15, 0.2) is 48.5 Å². The van der Waals surface area contributed by atoms with Gasteiger partial charge in [0.15, 0.2) is 0 Å². The number of alkyl halides is 1. The van der Waals surface area contributed by atoms with Crippen molar-refractivity contribution < 1.29 is 13.9 Å². The summed E-state index contributed by atoms with van der Waals surface area (Å²) >= 11 is 0. The summed E-state index contributed by atoms with van der Waals surface area (Å²) in [6.07, 6.45) is 2.08. The van der Waals surface area contributed by atoms with Crippen molar-refractivity contribution in [2.75, 3.05) is 26.2 Å². The monoisotopic (exact) mass is 384 g/mol. The Morgan fingerprint density at radius 2 is 1.61 bits per heavy atom. The maximum absolute atomic E-state index is 13.8. The van der Waals surface area contributed by atoms with E-state index in [1.54, 1.807) is 26.0 Å². The van der Waals surface area contributed by atoms with Crippen molar-refractivity contribution in [2.45, 2.75) is 32.4 Å². The quantitative estimate of drug-likeness (QED) is 0.775. The Hall–Kier alpha value is -2.40. The van der Waals surface area contributed by atoms with Gasteiger partial charge in [0.2, 0.25) is 5.91 Å². The van der Waals surface area contributed by atoms with Gasteiger partial charge in [0, 0.05) is 12.1 Å². The van der Waals surface area contributed by atoms with Gasteiger partial charge in [-0.15, -0.1) is 0 Å². The van der Waals surface area contributed by atoms with E-state index in [-0.39, 0.29) is 0 Å². The van der Waals surface area contributed by atoms with Gasteiger partial charge in [-0.2, -0.15) is 0 Å². The van der Waals surface area contributed by atoms with E-state index in [0.29, 0.717) is 24.6 Å². The molecule has 150 valence electrons. The average molecular weight is 384 g/mol. The van der Waals surface area contributed by atoms with Gasteiger partial charge in [0.25, 0.3) is 0 Å². The van der Waals surface area contributed by atoms with Crippen LogP contribution in [0.25, 0.3) is 11.1 Å². The van der Waals surface area contributed by atoms with Crippen LogP contribution in [0.3, 0.4) is 0 Å². The third kappa shape index (κ3) is 5.80. The highest BCUT2D eigenvalue weighted by Crippen LogP contribution is 2.25. The van der Waals surface area contributed by atoms with Crippen LogP contribution in [-0.4, -0.2) is 42.7 Å². The van der Waals surface area contributed by atoms with Crippen LogP contribution in [0.5, 0.6) is 5.75 Å². The van der Waals surface area contributed by atoms with Gasteiger partial charge in [0.1, 0.15) is 11.4 Å². The summed E-state index contributed by atoms with van der Waals surface area (Å²) in [5, 5.41) is 0. The number of piperidine rings is 1. The molecule has 0 saturated carbocycles. The molecule has 5 heteroatoms. The van der Waals surface area contributed by atoms with Crippen molar-refractivity contribution in [1.29, 1.82) is 0 Å². The molecular weight excluding hydrogens is 355 g/mol. The molecule has 1 aliphatic heterocycles.